The summed E-state index contributed by atoms with van der Waals surface area (Å²) in [6.07, 6.45) is 0. The Bertz CT molecular complexity index is 423. The van der Waals surface area contributed by atoms with Gasteiger partial charge < -0.3 is 0 Å². The third-order valence-electron chi connectivity index (χ3n) is 1.82. The van der Waals surface area contributed by atoms with E-state index in [0.717, 1.165) is 5.39 Å². The van der Waals surface area contributed by atoms with Crippen LogP contribution in [0.2, 0.25) is 5.02 Å². The van der Waals surface area contributed by atoms with E-state index in [1.165, 1.54) is 0 Å². The average Bonchev–Trinajstić information content (AvgIpc) is 2.12. The first kappa shape index (κ1) is 7.56. The Labute approximate surface area is 74.6 Å². The lowest BCUT2D eigenvalue weighted by molar-refractivity contribution is 0.640. The summed E-state index contributed by atoms with van der Waals surface area (Å²) >= 11 is 5.61. The molecule has 0 saturated heterocycles. The van der Waals surface area contributed by atoms with Gasteiger partial charge in [-0.15, -0.1) is 0 Å². The summed E-state index contributed by atoms with van der Waals surface area (Å²) in [7, 11) is 0. The van der Waals surface area contributed by atoms with Crippen molar-refractivity contribution in [2.45, 2.75) is 0 Å². The minimum absolute atomic E-state index is 0.175. The zero-order valence-electron chi connectivity index (χ0n) is 6.22. The molecule has 0 aliphatic heterocycles. The van der Waals surface area contributed by atoms with E-state index >= 15 is 0 Å². The first-order chi connectivity index (χ1) is 5.79. The quantitative estimate of drug-likeness (QED) is 0.581. The molecule has 12 heavy (non-hydrogen) atoms. The van der Waals surface area contributed by atoms with Gasteiger partial charge in [0.2, 0.25) is 0 Å². The Balaban J connectivity index is 2.91. The molecule has 2 heteroatoms. The molecule has 2 rings (SSSR count). The second-order valence-electron chi connectivity index (χ2n) is 2.58. The Hall–Kier alpha value is -1.08. The third kappa shape index (κ3) is 1.07. The molecule has 0 aliphatic rings. The van der Waals surface area contributed by atoms with E-state index < -0.39 is 0 Å². The maximum Gasteiger partial charge on any atom is 0.149 e. The van der Waals surface area contributed by atoms with Crippen LogP contribution in [0.4, 0.5) is 4.39 Å². The fourth-order valence-corrected chi connectivity index (χ4v) is 1.37. The van der Waals surface area contributed by atoms with Gasteiger partial charge in [-0.1, -0.05) is 41.9 Å². The van der Waals surface area contributed by atoms with E-state index in [-0.39, 0.29) is 10.8 Å². The highest BCUT2D eigenvalue weighted by atomic mass is 35.5. The molecule has 0 atom stereocenters. The maximum absolute atomic E-state index is 13.3. The van der Waals surface area contributed by atoms with Gasteiger partial charge in [0.15, 0.2) is 0 Å². The van der Waals surface area contributed by atoms with E-state index in [0.29, 0.717) is 5.39 Å². The molecule has 0 radical (unpaired) electrons. The third-order valence-corrected chi connectivity index (χ3v) is 2.11. The van der Waals surface area contributed by atoms with Crippen molar-refractivity contribution in [1.82, 2.24) is 0 Å². The Kier molecular flexibility index (Phi) is 1.74. The first-order valence-corrected chi connectivity index (χ1v) is 3.99. The minimum Gasteiger partial charge on any atom is -0.205 e. The van der Waals surface area contributed by atoms with Crippen LogP contribution in [-0.2, 0) is 0 Å². The van der Waals surface area contributed by atoms with Crippen molar-refractivity contribution in [2.75, 3.05) is 0 Å². The van der Waals surface area contributed by atoms with Gasteiger partial charge in [-0.25, -0.2) is 4.39 Å². The number of halogens is 2. The number of rotatable bonds is 0. The van der Waals surface area contributed by atoms with Gasteiger partial charge in [-0.3, -0.25) is 0 Å². The topological polar surface area (TPSA) is 0 Å². The summed E-state index contributed by atoms with van der Waals surface area (Å²) in [5.74, 6) is -0.338. The largest absolute Gasteiger partial charge is 0.205 e. The van der Waals surface area contributed by atoms with Crippen molar-refractivity contribution < 1.29 is 4.39 Å². The first-order valence-electron chi connectivity index (χ1n) is 3.62. The Morgan fingerprint density at radius 2 is 1.75 bits per heavy atom. The molecule has 2 aromatic carbocycles. The zero-order valence-corrected chi connectivity index (χ0v) is 6.98. The van der Waals surface area contributed by atoms with E-state index in [9.17, 15) is 4.39 Å². The van der Waals surface area contributed by atoms with Crippen LogP contribution in [0.1, 0.15) is 0 Å². The van der Waals surface area contributed by atoms with Crippen molar-refractivity contribution in [3.8, 4) is 0 Å². The monoisotopic (exact) mass is 180 g/mol. The molecule has 0 bridgehead atoms. The molecular formula is C10H6ClF. The van der Waals surface area contributed by atoms with E-state index in [1.54, 1.807) is 24.3 Å². The van der Waals surface area contributed by atoms with Crippen molar-refractivity contribution >= 4 is 22.4 Å². The van der Waals surface area contributed by atoms with E-state index in [2.05, 4.69) is 0 Å². The van der Waals surface area contributed by atoms with Crippen LogP contribution in [0.25, 0.3) is 10.8 Å². The summed E-state index contributed by atoms with van der Waals surface area (Å²) in [5.41, 5.74) is 0. The molecule has 60 valence electrons. The predicted molar refractivity (Wildman–Crippen MR) is 48.9 cm³/mol. The SMILES string of the molecule is Fc1c(Cl)ccc2ccccc12. The summed E-state index contributed by atoms with van der Waals surface area (Å²) in [6, 6.07) is 10.6. The van der Waals surface area contributed by atoms with Crippen LogP contribution >= 0.6 is 11.6 Å². The molecular weight excluding hydrogens is 175 g/mol. The fourth-order valence-electron chi connectivity index (χ4n) is 1.21. The summed E-state index contributed by atoms with van der Waals surface area (Å²) < 4.78 is 13.3. The number of benzene rings is 2. The molecule has 2 aromatic rings. The van der Waals surface area contributed by atoms with Gasteiger partial charge in [-0.2, -0.15) is 0 Å². The Morgan fingerprint density at radius 3 is 2.58 bits per heavy atom. The van der Waals surface area contributed by atoms with Crippen LogP contribution < -0.4 is 0 Å². The molecule has 0 aliphatic carbocycles. The minimum atomic E-state index is -0.338. The second-order valence-corrected chi connectivity index (χ2v) is 2.99. The smallest absolute Gasteiger partial charge is 0.149 e. The van der Waals surface area contributed by atoms with Crippen LogP contribution in [-0.4, -0.2) is 0 Å². The second kappa shape index (κ2) is 2.76. The van der Waals surface area contributed by atoms with Gasteiger partial charge in [0, 0.05) is 5.39 Å². The normalized spacial score (nSPS) is 10.5. The highest BCUT2D eigenvalue weighted by Crippen LogP contribution is 2.23. The molecule has 0 unspecified atom stereocenters. The predicted octanol–water partition coefficient (Wildman–Crippen LogP) is 3.63. The van der Waals surface area contributed by atoms with Crippen LogP contribution in [0.3, 0.4) is 0 Å². The van der Waals surface area contributed by atoms with Gasteiger partial charge >= 0.3 is 0 Å². The standard InChI is InChI=1S/C10H6ClF/c11-9-6-5-7-3-1-2-4-8(7)10(9)12/h1-6H. The molecule has 0 aromatic heterocycles. The van der Waals surface area contributed by atoms with Crippen molar-refractivity contribution in [3.05, 3.63) is 47.2 Å². The van der Waals surface area contributed by atoms with Gasteiger partial charge in [0.05, 0.1) is 5.02 Å². The lowest BCUT2D eigenvalue weighted by Crippen LogP contribution is -1.79. The number of hydrogen-bond acceptors (Lipinski definition) is 0. The van der Waals surface area contributed by atoms with Crippen LogP contribution in [0, 0.1) is 5.82 Å². The van der Waals surface area contributed by atoms with E-state index in [4.69, 9.17) is 11.6 Å². The summed E-state index contributed by atoms with van der Waals surface area (Å²) in [6.45, 7) is 0. The molecule has 0 fully saturated rings. The van der Waals surface area contributed by atoms with Crippen molar-refractivity contribution in [1.29, 1.82) is 0 Å². The van der Waals surface area contributed by atoms with Gasteiger partial charge in [0.1, 0.15) is 5.82 Å². The van der Waals surface area contributed by atoms with Gasteiger partial charge in [-0.05, 0) is 11.5 Å². The molecule has 0 spiro atoms. The molecule has 0 heterocycles. The average molecular weight is 181 g/mol. The van der Waals surface area contributed by atoms with Crippen molar-refractivity contribution in [3.63, 3.8) is 0 Å². The maximum atomic E-state index is 13.3. The van der Waals surface area contributed by atoms with Crippen LogP contribution in [0.15, 0.2) is 36.4 Å². The molecule has 0 saturated carbocycles. The van der Waals surface area contributed by atoms with Crippen molar-refractivity contribution in [2.24, 2.45) is 0 Å². The van der Waals surface area contributed by atoms with Crippen LogP contribution in [0.5, 0.6) is 0 Å². The number of fused-ring (bicyclic) bond motifs is 1. The lowest BCUT2D eigenvalue weighted by atomic mass is 10.1. The molecule has 0 nitrogen and oxygen atoms in total. The highest BCUT2D eigenvalue weighted by Gasteiger charge is 2.02. The fraction of sp³-hybridized carbons (Fsp3) is 0. The highest BCUT2D eigenvalue weighted by molar-refractivity contribution is 6.31. The molecule has 0 N–H and O–H groups in total. The number of hydrogen-bond donors (Lipinski definition) is 0. The zero-order chi connectivity index (χ0) is 8.55. The summed E-state index contributed by atoms with van der Waals surface area (Å²) in [5, 5.41) is 1.62. The van der Waals surface area contributed by atoms with Gasteiger partial charge in [0.25, 0.3) is 0 Å². The summed E-state index contributed by atoms with van der Waals surface area (Å²) in [4.78, 5) is 0. The van der Waals surface area contributed by atoms with E-state index in [1.807, 2.05) is 12.1 Å². The lowest BCUT2D eigenvalue weighted by Gasteiger charge is -1.99. The molecule has 0 amide bonds. The Morgan fingerprint density at radius 1 is 1.00 bits per heavy atom.